The number of hydrogen-bond donors (Lipinski definition) is 0. The van der Waals surface area contributed by atoms with Gasteiger partial charge in [0.2, 0.25) is 0 Å². The van der Waals surface area contributed by atoms with E-state index in [0.717, 1.165) is 11.4 Å². The lowest BCUT2D eigenvalue weighted by atomic mass is 10.1. The summed E-state index contributed by atoms with van der Waals surface area (Å²) in [5, 5.41) is 5.98. The fourth-order valence-corrected chi connectivity index (χ4v) is 3.19. The van der Waals surface area contributed by atoms with Crippen LogP contribution in [0.25, 0.3) is 0 Å². The summed E-state index contributed by atoms with van der Waals surface area (Å²) in [7, 11) is 7.05. The number of methoxy groups -OCH3 is 1. The van der Waals surface area contributed by atoms with Gasteiger partial charge in [0, 0.05) is 38.7 Å². The minimum absolute atomic E-state index is 0.124. The number of amides is 1. The van der Waals surface area contributed by atoms with Crippen LogP contribution >= 0.6 is 11.6 Å². The maximum atomic E-state index is 13.2. The maximum Gasteiger partial charge on any atom is 0.311 e. The minimum Gasteiger partial charge on any atom is -0.469 e. The van der Waals surface area contributed by atoms with Crippen LogP contribution in [0.5, 0.6) is 0 Å². The Morgan fingerprint density at radius 1 is 1.13 bits per heavy atom. The summed E-state index contributed by atoms with van der Waals surface area (Å²) < 4.78 is 4.77. The first-order valence-electron chi connectivity index (χ1n) is 9.27. The third-order valence-corrected chi connectivity index (χ3v) is 4.97. The Bertz CT molecular complexity index is 1030. The third kappa shape index (κ3) is 4.46. The molecule has 3 rings (SSSR count). The first-order chi connectivity index (χ1) is 14.3. The molecule has 1 amide bonds. The molecule has 0 spiro atoms. The molecule has 0 N–H and O–H groups in total. The summed E-state index contributed by atoms with van der Waals surface area (Å²) in [4.78, 5) is 28.9. The number of para-hydroxylation sites is 1. The first kappa shape index (κ1) is 21.4. The highest BCUT2D eigenvalue weighted by molar-refractivity contribution is 6.37. The van der Waals surface area contributed by atoms with Crippen molar-refractivity contribution < 1.29 is 14.3 Å². The van der Waals surface area contributed by atoms with E-state index in [2.05, 4.69) is 5.10 Å². The van der Waals surface area contributed by atoms with Crippen molar-refractivity contribution >= 4 is 46.3 Å². The lowest BCUT2D eigenvalue weighted by Crippen LogP contribution is -2.24. The lowest BCUT2D eigenvalue weighted by molar-refractivity contribution is -0.139. The smallest absolute Gasteiger partial charge is 0.311 e. The van der Waals surface area contributed by atoms with E-state index in [9.17, 15) is 9.59 Å². The molecule has 0 saturated carbocycles. The van der Waals surface area contributed by atoms with E-state index >= 15 is 0 Å². The summed E-state index contributed by atoms with van der Waals surface area (Å²) in [6, 6.07) is 14.8. The predicted octanol–water partition coefficient (Wildman–Crippen LogP) is 3.69. The van der Waals surface area contributed by atoms with Gasteiger partial charge in [0.05, 0.1) is 35.5 Å². The van der Waals surface area contributed by atoms with Crippen LogP contribution in [0.1, 0.15) is 6.42 Å². The standard InChI is InChI=1S/C22H23ClN4O3/c1-25(2)15-8-7-9-16(12-15)26(3)14-17-19(13-21(28)30-4)24-27(22(17)29)20-11-6-5-10-18(20)23/h5-12,14H,13H2,1-4H3. The zero-order chi connectivity index (χ0) is 21.8. The number of carbonyl (C=O) groups is 2. The Balaban J connectivity index is 1.99. The molecule has 0 radical (unpaired) electrons. The van der Waals surface area contributed by atoms with Gasteiger partial charge in [-0.25, -0.2) is 0 Å². The van der Waals surface area contributed by atoms with E-state index in [1.807, 2.05) is 55.2 Å². The van der Waals surface area contributed by atoms with Gasteiger partial charge in [0.1, 0.15) is 0 Å². The van der Waals surface area contributed by atoms with Crippen LogP contribution in [0.15, 0.2) is 65.4 Å². The zero-order valence-electron chi connectivity index (χ0n) is 17.3. The fourth-order valence-electron chi connectivity index (χ4n) is 2.97. The third-order valence-electron chi connectivity index (χ3n) is 4.65. The van der Waals surface area contributed by atoms with Crippen molar-refractivity contribution in [3.63, 3.8) is 0 Å². The minimum atomic E-state index is -0.481. The Labute approximate surface area is 180 Å². The fraction of sp³-hybridized carbons (Fsp3) is 0.227. The summed E-state index contributed by atoms with van der Waals surface area (Å²) in [6.07, 6.45) is 1.55. The number of benzene rings is 2. The molecule has 0 aromatic heterocycles. The average molecular weight is 427 g/mol. The molecule has 1 aliphatic rings. The maximum absolute atomic E-state index is 13.2. The molecule has 0 aliphatic carbocycles. The van der Waals surface area contributed by atoms with Crippen molar-refractivity contribution in [3.05, 3.63) is 65.3 Å². The van der Waals surface area contributed by atoms with E-state index in [1.54, 1.807) is 30.5 Å². The molecule has 30 heavy (non-hydrogen) atoms. The topological polar surface area (TPSA) is 65.5 Å². The highest BCUT2D eigenvalue weighted by atomic mass is 35.5. The molecule has 0 saturated heterocycles. The molecule has 0 bridgehead atoms. The van der Waals surface area contributed by atoms with Crippen LogP contribution in [0.3, 0.4) is 0 Å². The van der Waals surface area contributed by atoms with Crippen LogP contribution in [0.2, 0.25) is 5.02 Å². The monoisotopic (exact) mass is 426 g/mol. The zero-order valence-corrected chi connectivity index (χ0v) is 18.1. The van der Waals surface area contributed by atoms with Crippen molar-refractivity contribution in [1.82, 2.24) is 0 Å². The number of hydrogen-bond acceptors (Lipinski definition) is 6. The largest absolute Gasteiger partial charge is 0.469 e. The van der Waals surface area contributed by atoms with Crippen LogP contribution in [0.4, 0.5) is 17.1 Å². The van der Waals surface area contributed by atoms with Crippen molar-refractivity contribution in [2.75, 3.05) is 43.1 Å². The Morgan fingerprint density at radius 3 is 2.50 bits per heavy atom. The highest BCUT2D eigenvalue weighted by Crippen LogP contribution is 2.31. The van der Waals surface area contributed by atoms with E-state index in [-0.39, 0.29) is 12.3 Å². The number of halogens is 1. The number of rotatable bonds is 6. The molecule has 1 heterocycles. The molecule has 156 valence electrons. The molecule has 0 fully saturated rings. The Hall–Kier alpha value is -3.32. The molecule has 8 heteroatoms. The molecule has 7 nitrogen and oxygen atoms in total. The number of ether oxygens (including phenoxy) is 1. The Kier molecular flexibility index (Phi) is 6.42. The number of nitrogens with zero attached hydrogens (tertiary/aromatic N) is 4. The number of esters is 1. The van der Waals surface area contributed by atoms with Gasteiger partial charge in [-0.3, -0.25) is 9.59 Å². The number of hydrazone groups is 1. The second-order valence-corrected chi connectivity index (χ2v) is 7.34. The normalized spacial score (nSPS) is 14.7. The van der Waals surface area contributed by atoms with E-state index in [0.29, 0.717) is 22.0 Å². The second kappa shape index (κ2) is 9.00. The van der Waals surface area contributed by atoms with Crippen molar-refractivity contribution in [1.29, 1.82) is 0 Å². The predicted molar refractivity (Wildman–Crippen MR) is 120 cm³/mol. The van der Waals surface area contributed by atoms with Gasteiger partial charge in [-0.1, -0.05) is 29.8 Å². The van der Waals surface area contributed by atoms with E-state index < -0.39 is 5.97 Å². The van der Waals surface area contributed by atoms with E-state index in [4.69, 9.17) is 16.3 Å². The molecule has 0 unspecified atom stereocenters. The van der Waals surface area contributed by atoms with Crippen molar-refractivity contribution in [2.24, 2.45) is 5.10 Å². The first-order valence-corrected chi connectivity index (χ1v) is 9.65. The van der Waals surface area contributed by atoms with Crippen molar-refractivity contribution in [3.8, 4) is 0 Å². The van der Waals surface area contributed by atoms with Crippen LogP contribution in [-0.2, 0) is 14.3 Å². The molecular formula is C22H23ClN4O3. The van der Waals surface area contributed by atoms with Gasteiger partial charge < -0.3 is 14.5 Å². The van der Waals surface area contributed by atoms with Gasteiger partial charge in [-0.2, -0.15) is 10.1 Å². The summed E-state index contributed by atoms with van der Waals surface area (Å²) in [6.45, 7) is 0. The number of anilines is 3. The summed E-state index contributed by atoms with van der Waals surface area (Å²) in [5.74, 6) is -0.844. The second-order valence-electron chi connectivity index (χ2n) is 6.94. The van der Waals surface area contributed by atoms with Gasteiger partial charge >= 0.3 is 5.97 Å². The average Bonchev–Trinajstić information content (AvgIpc) is 3.03. The van der Waals surface area contributed by atoms with Gasteiger partial charge in [-0.05, 0) is 30.3 Å². The molecule has 1 aliphatic heterocycles. The van der Waals surface area contributed by atoms with E-state index in [1.165, 1.54) is 12.1 Å². The highest BCUT2D eigenvalue weighted by Gasteiger charge is 2.33. The van der Waals surface area contributed by atoms with Gasteiger partial charge in [0.25, 0.3) is 5.91 Å². The van der Waals surface area contributed by atoms with Crippen LogP contribution < -0.4 is 14.8 Å². The molecule has 2 aromatic carbocycles. The SMILES string of the molecule is COC(=O)CC1=NN(c2ccccc2Cl)C(=O)C1=CN(C)c1cccc(N(C)C)c1. The number of carbonyl (C=O) groups excluding carboxylic acids is 2. The Morgan fingerprint density at radius 2 is 1.83 bits per heavy atom. The summed E-state index contributed by atoms with van der Waals surface area (Å²) >= 11 is 6.26. The lowest BCUT2D eigenvalue weighted by Gasteiger charge is -2.19. The van der Waals surface area contributed by atoms with Crippen LogP contribution in [-0.4, -0.2) is 45.8 Å². The quantitative estimate of drug-likeness (QED) is 0.520. The molecular weight excluding hydrogens is 404 g/mol. The van der Waals surface area contributed by atoms with Gasteiger partial charge in [0.15, 0.2) is 0 Å². The van der Waals surface area contributed by atoms with Crippen LogP contribution in [0, 0.1) is 0 Å². The van der Waals surface area contributed by atoms with Gasteiger partial charge in [-0.15, -0.1) is 0 Å². The molecule has 2 aromatic rings. The molecule has 0 atom stereocenters. The van der Waals surface area contributed by atoms with Crippen molar-refractivity contribution in [2.45, 2.75) is 6.42 Å². The summed E-state index contributed by atoms with van der Waals surface area (Å²) in [5.41, 5.74) is 2.99.